The van der Waals surface area contributed by atoms with Crippen LogP contribution in [0, 0.1) is 6.92 Å². The van der Waals surface area contributed by atoms with Crippen LogP contribution in [0.4, 0.5) is 0 Å². The second-order valence-electron chi connectivity index (χ2n) is 4.45. The minimum atomic E-state index is -3.35. The third-order valence-electron chi connectivity index (χ3n) is 2.92. The van der Waals surface area contributed by atoms with Crippen molar-refractivity contribution in [2.75, 3.05) is 12.9 Å². The molecule has 0 spiro atoms. The fourth-order valence-electron chi connectivity index (χ4n) is 2.11. The van der Waals surface area contributed by atoms with Crippen LogP contribution in [0.5, 0.6) is 0 Å². The molecule has 0 fully saturated rings. The van der Waals surface area contributed by atoms with Gasteiger partial charge >= 0.3 is 5.97 Å². The van der Waals surface area contributed by atoms with Gasteiger partial charge in [0.2, 0.25) is 0 Å². The van der Waals surface area contributed by atoms with Crippen molar-refractivity contribution in [3.63, 3.8) is 0 Å². The monoisotopic (exact) mass is 266 g/mol. The van der Waals surface area contributed by atoms with Gasteiger partial charge in [-0.1, -0.05) is 11.6 Å². The highest BCUT2D eigenvalue weighted by atomic mass is 32.2. The first-order valence-corrected chi connectivity index (χ1v) is 7.13. The zero-order valence-corrected chi connectivity index (χ0v) is 11.3. The van der Waals surface area contributed by atoms with Gasteiger partial charge in [-0.15, -0.1) is 0 Å². The molecule has 0 amide bonds. The van der Waals surface area contributed by atoms with Crippen LogP contribution in [0.15, 0.2) is 22.6 Å². The number of esters is 1. The van der Waals surface area contributed by atoms with Gasteiger partial charge in [-0.05, 0) is 37.1 Å². The smallest absolute Gasteiger partial charge is 0.338 e. The number of ether oxygens (including phenoxy) is 1. The first kappa shape index (κ1) is 12.8. The second kappa shape index (κ2) is 4.24. The lowest BCUT2D eigenvalue weighted by Gasteiger charge is -2.17. The highest BCUT2D eigenvalue weighted by molar-refractivity contribution is 7.91. The lowest BCUT2D eigenvalue weighted by Crippen LogP contribution is -2.15. The number of hydrogen-bond acceptors (Lipinski definition) is 4. The number of aryl methyl sites for hydroxylation is 1. The highest BCUT2D eigenvalue weighted by Gasteiger charge is 2.25. The predicted molar refractivity (Wildman–Crippen MR) is 68.2 cm³/mol. The predicted octanol–water partition coefficient (Wildman–Crippen LogP) is 1.97. The van der Waals surface area contributed by atoms with Crippen molar-refractivity contribution in [1.82, 2.24) is 0 Å². The van der Waals surface area contributed by atoms with Crippen LogP contribution in [-0.4, -0.2) is 27.2 Å². The summed E-state index contributed by atoms with van der Waals surface area (Å²) in [7, 11) is -2.07. The van der Waals surface area contributed by atoms with Crippen molar-refractivity contribution < 1.29 is 17.9 Å². The van der Waals surface area contributed by atoms with Gasteiger partial charge in [0.1, 0.15) is 0 Å². The van der Waals surface area contributed by atoms with Gasteiger partial charge in [-0.3, -0.25) is 0 Å². The highest BCUT2D eigenvalue weighted by Crippen LogP contribution is 2.29. The first-order chi connectivity index (χ1) is 8.35. The molecule has 4 nitrogen and oxygen atoms in total. The Morgan fingerprint density at radius 2 is 1.94 bits per heavy atom. The van der Waals surface area contributed by atoms with Gasteiger partial charge in [0.15, 0.2) is 9.84 Å². The Morgan fingerprint density at radius 1 is 1.28 bits per heavy atom. The zero-order chi connectivity index (χ0) is 13.5. The molecule has 0 atom stereocenters. The van der Waals surface area contributed by atoms with E-state index < -0.39 is 15.8 Å². The number of hydrogen-bond donors (Lipinski definition) is 0. The van der Waals surface area contributed by atoms with E-state index in [-0.39, 0.29) is 10.6 Å². The zero-order valence-electron chi connectivity index (χ0n) is 10.5. The Hall–Kier alpha value is -1.62. The van der Waals surface area contributed by atoms with Crippen molar-refractivity contribution in [2.24, 2.45) is 0 Å². The van der Waals surface area contributed by atoms with Crippen LogP contribution in [-0.2, 0) is 14.6 Å². The topological polar surface area (TPSA) is 60.4 Å². The van der Waals surface area contributed by atoms with E-state index in [0.717, 1.165) is 5.57 Å². The molecule has 0 N–H and O–H groups in total. The molecule has 0 unspecified atom stereocenters. The van der Waals surface area contributed by atoms with E-state index >= 15 is 0 Å². The molecule has 0 bridgehead atoms. The summed E-state index contributed by atoms with van der Waals surface area (Å²) in [6, 6.07) is 3.12. The van der Waals surface area contributed by atoms with Crippen LogP contribution in [0.3, 0.4) is 0 Å². The first-order valence-electron chi connectivity index (χ1n) is 5.48. The molecule has 96 valence electrons. The Morgan fingerprint density at radius 3 is 2.56 bits per heavy atom. The summed E-state index contributed by atoms with van der Waals surface area (Å²) in [5, 5.41) is 0. The van der Waals surface area contributed by atoms with Crippen LogP contribution < -0.4 is 0 Å². The van der Waals surface area contributed by atoms with E-state index in [1.165, 1.54) is 13.2 Å². The molecule has 0 saturated carbocycles. The summed E-state index contributed by atoms with van der Waals surface area (Å²) in [6.45, 7) is 3.54. The minimum Gasteiger partial charge on any atom is -0.465 e. The summed E-state index contributed by atoms with van der Waals surface area (Å²) in [5.74, 6) is -0.513. The quantitative estimate of drug-likeness (QED) is 0.729. The summed E-state index contributed by atoms with van der Waals surface area (Å²) in [4.78, 5) is 11.8. The Labute approximate surface area is 106 Å². The molecule has 18 heavy (non-hydrogen) atoms. The maximum Gasteiger partial charge on any atom is 0.338 e. The molecule has 1 aliphatic heterocycles. The molecule has 0 saturated heterocycles. The number of sulfone groups is 1. The molecule has 1 aliphatic rings. The number of methoxy groups -OCH3 is 1. The van der Waals surface area contributed by atoms with E-state index in [9.17, 15) is 13.2 Å². The SMILES string of the molecule is COC(=O)c1cc2c(cc1C)C=C(C)CS2(=O)=O. The summed E-state index contributed by atoms with van der Waals surface area (Å²) in [5.41, 5.74) is 2.45. The second-order valence-corrected chi connectivity index (χ2v) is 6.40. The van der Waals surface area contributed by atoms with Crippen LogP contribution in [0.1, 0.15) is 28.4 Å². The van der Waals surface area contributed by atoms with Gasteiger partial charge < -0.3 is 4.74 Å². The van der Waals surface area contributed by atoms with Gasteiger partial charge in [-0.25, -0.2) is 13.2 Å². The fraction of sp³-hybridized carbons (Fsp3) is 0.308. The fourth-order valence-corrected chi connectivity index (χ4v) is 3.72. The maximum atomic E-state index is 12.1. The number of carbonyl (C=O) groups is 1. The normalized spacial score (nSPS) is 16.7. The van der Waals surface area contributed by atoms with Crippen molar-refractivity contribution >= 4 is 21.9 Å². The molecule has 1 aromatic rings. The van der Waals surface area contributed by atoms with Gasteiger partial charge in [0, 0.05) is 0 Å². The summed E-state index contributed by atoms with van der Waals surface area (Å²) >= 11 is 0. The molecule has 1 aromatic carbocycles. The Kier molecular flexibility index (Phi) is 3.02. The third kappa shape index (κ3) is 2.06. The summed E-state index contributed by atoms with van der Waals surface area (Å²) < 4.78 is 28.8. The maximum absolute atomic E-state index is 12.1. The van der Waals surface area contributed by atoms with Crippen LogP contribution in [0.2, 0.25) is 0 Å². The van der Waals surface area contributed by atoms with Crippen molar-refractivity contribution in [3.05, 3.63) is 34.4 Å². The Balaban J connectivity index is 2.73. The van der Waals surface area contributed by atoms with Crippen molar-refractivity contribution in [3.8, 4) is 0 Å². The van der Waals surface area contributed by atoms with Crippen LogP contribution >= 0.6 is 0 Å². The largest absolute Gasteiger partial charge is 0.465 e. The molecule has 5 heteroatoms. The van der Waals surface area contributed by atoms with Crippen LogP contribution in [0.25, 0.3) is 6.08 Å². The van der Waals surface area contributed by atoms with Crippen molar-refractivity contribution in [2.45, 2.75) is 18.7 Å². The lowest BCUT2D eigenvalue weighted by molar-refractivity contribution is 0.0599. The summed E-state index contributed by atoms with van der Waals surface area (Å²) in [6.07, 6.45) is 1.84. The molecule has 0 aromatic heterocycles. The molecule has 1 heterocycles. The van der Waals surface area contributed by atoms with Gasteiger partial charge in [0.25, 0.3) is 0 Å². The van der Waals surface area contributed by atoms with Gasteiger partial charge in [0.05, 0.1) is 23.3 Å². The van der Waals surface area contributed by atoms with E-state index in [1.54, 1.807) is 19.9 Å². The minimum absolute atomic E-state index is 0.00364. The van der Waals surface area contributed by atoms with Gasteiger partial charge in [-0.2, -0.15) is 0 Å². The molecule has 0 radical (unpaired) electrons. The lowest BCUT2D eigenvalue weighted by atomic mass is 10.0. The molecule has 2 rings (SSSR count). The average Bonchev–Trinajstić information content (AvgIpc) is 2.25. The number of rotatable bonds is 1. The molecular formula is C13H14O4S. The number of benzene rings is 1. The average molecular weight is 266 g/mol. The Bertz CT molecular complexity index is 654. The van der Waals surface area contributed by atoms with Crippen molar-refractivity contribution in [1.29, 1.82) is 0 Å². The number of fused-ring (bicyclic) bond motifs is 1. The van der Waals surface area contributed by atoms with E-state index in [1.807, 2.05) is 6.08 Å². The molecule has 0 aliphatic carbocycles. The number of carbonyl (C=O) groups excluding carboxylic acids is 1. The van der Waals surface area contributed by atoms with E-state index in [0.29, 0.717) is 16.7 Å². The van der Waals surface area contributed by atoms with E-state index in [2.05, 4.69) is 4.74 Å². The third-order valence-corrected chi connectivity index (χ3v) is 4.78. The van der Waals surface area contributed by atoms with E-state index in [4.69, 9.17) is 0 Å². The molecular weight excluding hydrogens is 252 g/mol. The standard InChI is InChI=1S/C13H14O4S/c1-8-4-10-5-9(2)11(13(14)17-3)6-12(10)18(15,16)7-8/h4-6H,7H2,1-3H3.